The highest BCUT2D eigenvalue weighted by Crippen LogP contribution is 2.14. The molecule has 1 aliphatic rings. The van der Waals surface area contributed by atoms with Gasteiger partial charge in [0.05, 0.1) is 25.2 Å². The summed E-state index contributed by atoms with van der Waals surface area (Å²) in [6.45, 7) is 10.8. The second kappa shape index (κ2) is 12.9. The van der Waals surface area contributed by atoms with Gasteiger partial charge in [0, 0.05) is 45.2 Å². The van der Waals surface area contributed by atoms with E-state index < -0.39 is 0 Å². The van der Waals surface area contributed by atoms with E-state index in [4.69, 9.17) is 13.7 Å². The third kappa shape index (κ3) is 8.35. The van der Waals surface area contributed by atoms with Crippen LogP contribution in [0.4, 0.5) is 0 Å². The van der Waals surface area contributed by atoms with Crippen LogP contribution < -0.4 is 10.6 Å². The normalized spacial score (nSPS) is 15.3. The number of halogens is 1. The minimum Gasteiger partial charge on any atom is -0.469 e. The molecule has 0 bridgehead atoms. The van der Waals surface area contributed by atoms with Gasteiger partial charge < -0.3 is 24.3 Å². The number of morpholine rings is 1. The highest BCUT2D eigenvalue weighted by atomic mass is 127. The maximum atomic E-state index is 5.40. The summed E-state index contributed by atoms with van der Waals surface area (Å²) in [6, 6.07) is 5.86. The Balaban J connectivity index is 0.00000300. The zero-order valence-electron chi connectivity index (χ0n) is 17.2. The topological polar surface area (TPSA) is 88.1 Å². The Hall–Kier alpha value is -1.59. The van der Waals surface area contributed by atoms with E-state index >= 15 is 0 Å². The van der Waals surface area contributed by atoms with E-state index in [0.717, 1.165) is 75.5 Å². The van der Waals surface area contributed by atoms with Gasteiger partial charge >= 0.3 is 0 Å². The molecular weight excluding hydrogens is 485 g/mol. The third-order valence-electron chi connectivity index (χ3n) is 4.63. The molecule has 9 heteroatoms. The van der Waals surface area contributed by atoms with Gasteiger partial charge in [-0.25, -0.2) is 4.99 Å². The van der Waals surface area contributed by atoms with Crippen LogP contribution in [0, 0.1) is 0 Å². The van der Waals surface area contributed by atoms with Crippen LogP contribution in [0.1, 0.15) is 37.0 Å². The molecule has 0 aliphatic carbocycles. The van der Waals surface area contributed by atoms with Gasteiger partial charge in [0.2, 0.25) is 0 Å². The Labute approximate surface area is 189 Å². The lowest BCUT2D eigenvalue weighted by Crippen LogP contribution is -2.44. The highest BCUT2D eigenvalue weighted by molar-refractivity contribution is 14.0. The number of hydrogen-bond donors (Lipinski definition) is 2. The predicted octanol–water partition coefficient (Wildman–Crippen LogP) is 2.62. The van der Waals surface area contributed by atoms with Crippen molar-refractivity contribution in [2.45, 2.75) is 32.7 Å². The minimum absolute atomic E-state index is 0. The van der Waals surface area contributed by atoms with E-state index in [0.29, 0.717) is 12.5 Å². The average Bonchev–Trinajstić information content (AvgIpc) is 3.38. The fraction of sp³-hybridized carbons (Fsp3) is 0.600. The fourth-order valence-electron chi connectivity index (χ4n) is 2.92. The molecular formula is C20H32IN5O3. The molecule has 1 aliphatic heterocycles. The van der Waals surface area contributed by atoms with Crippen LogP contribution in [-0.4, -0.2) is 62.0 Å². The molecule has 2 aromatic heterocycles. The van der Waals surface area contributed by atoms with Crippen molar-refractivity contribution in [3.63, 3.8) is 0 Å². The zero-order chi connectivity index (χ0) is 19.6. The summed E-state index contributed by atoms with van der Waals surface area (Å²) in [5.41, 5.74) is 0.956. The fourth-order valence-corrected chi connectivity index (χ4v) is 2.92. The van der Waals surface area contributed by atoms with E-state index in [1.54, 1.807) is 6.26 Å². The van der Waals surface area contributed by atoms with Crippen molar-refractivity contribution in [3.8, 4) is 0 Å². The molecule has 3 heterocycles. The van der Waals surface area contributed by atoms with Crippen LogP contribution in [0.2, 0.25) is 0 Å². The number of aliphatic imine (C=N–C) groups is 1. The van der Waals surface area contributed by atoms with Crippen LogP contribution in [0.25, 0.3) is 0 Å². The molecule has 2 N–H and O–H groups in total. The third-order valence-corrected chi connectivity index (χ3v) is 4.63. The molecule has 0 aromatic carbocycles. The van der Waals surface area contributed by atoms with Gasteiger partial charge in [-0.2, -0.15) is 0 Å². The van der Waals surface area contributed by atoms with Crippen molar-refractivity contribution in [3.05, 3.63) is 41.7 Å². The maximum Gasteiger partial charge on any atom is 0.191 e. The van der Waals surface area contributed by atoms with Gasteiger partial charge in [-0.1, -0.05) is 19.0 Å². The first kappa shape index (κ1) is 23.7. The number of rotatable bonds is 9. The second-order valence-corrected chi connectivity index (χ2v) is 7.17. The Bertz CT molecular complexity index is 712. The summed E-state index contributed by atoms with van der Waals surface area (Å²) in [5.74, 6) is 2.84. The van der Waals surface area contributed by atoms with Crippen LogP contribution in [-0.2, 0) is 17.7 Å². The van der Waals surface area contributed by atoms with Gasteiger partial charge in [0.15, 0.2) is 11.7 Å². The number of nitrogens with one attached hydrogen (secondary N) is 2. The first-order chi connectivity index (χ1) is 13.7. The predicted molar refractivity (Wildman–Crippen MR) is 123 cm³/mol. The van der Waals surface area contributed by atoms with E-state index in [1.807, 2.05) is 18.2 Å². The summed E-state index contributed by atoms with van der Waals surface area (Å²) in [4.78, 5) is 7.05. The van der Waals surface area contributed by atoms with Gasteiger partial charge in [0.25, 0.3) is 0 Å². The van der Waals surface area contributed by atoms with Gasteiger partial charge in [0.1, 0.15) is 12.3 Å². The molecule has 0 saturated carbocycles. The lowest BCUT2D eigenvalue weighted by molar-refractivity contribution is 0.0389. The standard InChI is InChI=1S/C20H31N5O3.HI/c1-16(2)19-14-18(28-24-19)15-23-20(21-6-5-17-4-3-11-27-17)22-7-8-25-9-12-26-13-10-25;/h3-4,11,14,16H,5-10,12-13,15H2,1-2H3,(H2,21,22,23);1H. The van der Waals surface area contributed by atoms with Crippen LogP contribution in [0.3, 0.4) is 0 Å². The van der Waals surface area contributed by atoms with E-state index in [1.165, 1.54) is 0 Å². The van der Waals surface area contributed by atoms with Crippen molar-refractivity contribution in [2.75, 3.05) is 45.9 Å². The largest absolute Gasteiger partial charge is 0.469 e. The summed E-state index contributed by atoms with van der Waals surface area (Å²) in [6.07, 6.45) is 2.50. The summed E-state index contributed by atoms with van der Waals surface area (Å²) >= 11 is 0. The van der Waals surface area contributed by atoms with Crippen molar-refractivity contribution in [2.24, 2.45) is 4.99 Å². The number of guanidine groups is 1. The molecule has 8 nitrogen and oxygen atoms in total. The molecule has 0 spiro atoms. The Morgan fingerprint density at radius 3 is 2.69 bits per heavy atom. The Morgan fingerprint density at radius 1 is 1.21 bits per heavy atom. The second-order valence-electron chi connectivity index (χ2n) is 7.17. The number of hydrogen-bond acceptors (Lipinski definition) is 6. The molecule has 162 valence electrons. The molecule has 1 saturated heterocycles. The van der Waals surface area contributed by atoms with Crippen molar-refractivity contribution >= 4 is 29.9 Å². The monoisotopic (exact) mass is 517 g/mol. The van der Waals surface area contributed by atoms with Gasteiger partial charge in [-0.3, -0.25) is 4.90 Å². The van der Waals surface area contributed by atoms with Crippen LogP contribution >= 0.6 is 24.0 Å². The Kier molecular flexibility index (Phi) is 10.5. The summed E-state index contributed by atoms with van der Waals surface area (Å²) in [5, 5.41) is 10.9. The van der Waals surface area contributed by atoms with Gasteiger partial charge in [-0.05, 0) is 18.1 Å². The molecule has 29 heavy (non-hydrogen) atoms. The summed E-state index contributed by atoms with van der Waals surface area (Å²) < 4.78 is 16.2. The van der Waals surface area contributed by atoms with Crippen molar-refractivity contribution in [1.82, 2.24) is 20.7 Å². The first-order valence-corrected chi connectivity index (χ1v) is 10.0. The average molecular weight is 517 g/mol. The number of ether oxygens (including phenoxy) is 1. The van der Waals surface area contributed by atoms with Crippen molar-refractivity contribution < 1.29 is 13.7 Å². The molecule has 0 amide bonds. The highest BCUT2D eigenvalue weighted by Gasteiger charge is 2.11. The number of nitrogens with zero attached hydrogens (tertiary/aromatic N) is 3. The van der Waals surface area contributed by atoms with Crippen LogP contribution in [0.15, 0.2) is 38.4 Å². The molecule has 1 fully saturated rings. The SMILES string of the molecule is CC(C)c1cc(CN=C(NCCc2ccco2)NCCN2CCOCC2)on1.I. The van der Waals surface area contributed by atoms with E-state index in [-0.39, 0.29) is 24.0 Å². The molecule has 0 unspecified atom stereocenters. The lowest BCUT2D eigenvalue weighted by Gasteiger charge is -2.26. The first-order valence-electron chi connectivity index (χ1n) is 10.0. The number of aromatic nitrogens is 1. The minimum atomic E-state index is 0. The molecule has 2 aromatic rings. The molecule has 3 rings (SSSR count). The smallest absolute Gasteiger partial charge is 0.191 e. The Morgan fingerprint density at radius 2 is 2.00 bits per heavy atom. The van der Waals surface area contributed by atoms with Crippen LogP contribution in [0.5, 0.6) is 0 Å². The quantitative estimate of drug-likeness (QED) is 0.301. The van der Waals surface area contributed by atoms with E-state index in [9.17, 15) is 0 Å². The van der Waals surface area contributed by atoms with Gasteiger partial charge in [-0.15, -0.1) is 24.0 Å². The lowest BCUT2D eigenvalue weighted by atomic mass is 10.1. The maximum absolute atomic E-state index is 5.40. The molecule has 0 radical (unpaired) electrons. The van der Waals surface area contributed by atoms with Crippen molar-refractivity contribution in [1.29, 1.82) is 0 Å². The zero-order valence-corrected chi connectivity index (χ0v) is 19.6. The molecule has 0 atom stereocenters. The van der Waals surface area contributed by atoms with E-state index in [2.05, 4.69) is 39.5 Å². The number of furan rings is 1. The summed E-state index contributed by atoms with van der Waals surface area (Å²) in [7, 11) is 0.